The molecular formula is C25H23ClFN5O2. The highest BCUT2D eigenvalue weighted by Gasteiger charge is 2.10. The number of rotatable bonds is 8. The van der Waals surface area contributed by atoms with E-state index in [1.54, 1.807) is 37.3 Å². The zero-order valence-electron chi connectivity index (χ0n) is 18.4. The maximum atomic E-state index is 14.1. The van der Waals surface area contributed by atoms with E-state index in [0.717, 1.165) is 12.0 Å². The first-order valence-corrected chi connectivity index (χ1v) is 11.1. The molecule has 3 N–H and O–H groups in total. The lowest BCUT2D eigenvalue weighted by Crippen LogP contribution is -2.19. The number of carbonyl (C=O) groups is 1. The summed E-state index contributed by atoms with van der Waals surface area (Å²) in [6.45, 7) is 2.78. The Labute approximate surface area is 201 Å². The van der Waals surface area contributed by atoms with Crippen LogP contribution in [0.3, 0.4) is 0 Å². The molecule has 0 atom stereocenters. The number of benzene rings is 3. The van der Waals surface area contributed by atoms with Gasteiger partial charge in [-0.15, -0.1) is 0 Å². The number of hydrogen-bond donors (Lipinski definition) is 3. The molecule has 0 unspecified atom stereocenters. The summed E-state index contributed by atoms with van der Waals surface area (Å²) in [5.41, 5.74) is 2.86. The van der Waals surface area contributed by atoms with Crippen LogP contribution in [0.25, 0.3) is 10.9 Å². The first-order chi connectivity index (χ1) is 16.5. The normalized spacial score (nSPS) is 10.7. The van der Waals surface area contributed by atoms with E-state index < -0.39 is 5.82 Å². The van der Waals surface area contributed by atoms with Crippen LogP contribution in [0, 0.1) is 5.82 Å². The quantitative estimate of drug-likeness (QED) is 0.283. The predicted octanol–water partition coefficient (Wildman–Crippen LogP) is 6.12. The zero-order chi connectivity index (χ0) is 23.9. The topological polar surface area (TPSA) is 88.2 Å². The minimum atomic E-state index is -0.450. The van der Waals surface area contributed by atoms with E-state index in [-0.39, 0.29) is 11.8 Å². The summed E-state index contributed by atoms with van der Waals surface area (Å²) in [7, 11) is 0. The smallest absolute Gasteiger partial charge is 0.323 e. The predicted molar refractivity (Wildman–Crippen MR) is 133 cm³/mol. The first-order valence-electron chi connectivity index (χ1n) is 10.8. The third-order valence-corrected chi connectivity index (χ3v) is 5.22. The van der Waals surface area contributed by atoms with Gasteiger partial charge in [-0.3, -0.25) is 0 Å². The molecule has 0 saturated heterocycles. The molecule has 0 spiro atoms. The van der Waals surface area contributed by atoms with Gasteiger partial charge in [-0.05, 0) is 55.3 Å². The molecule has 1 aromatic heterocycles. The number of nitrogens with one attached hydrogen (secondary N) is 3. The fourth-order valence-corrected chi connectivity index (χ4v) is 3.59. The second-order valence-electron chi connectivity index (χ2n) is 7.42. The molecule has 174 valence electrons. The van der Waals surface area contributed by atoms with Crippen LogP contribution in [-0.4, -0.2) is 29.2 Å². The highest BCUT2D eigenvalue weighted by atomic mass is 35.5. The summed E-state index contributed by atoms with van der Waals surface area (Å²) in [4.78, 5) is 20.6. The zero-order valence-corrected chi connectivity index (χ0v) is 19.2. The second-order valence-corrected chi connectivity index (χ2v) is 7.85. The Bertz CT molecular complexity index is 1300. The molecule has 4 rings (SSSR count). The minimum absolute atomic E-state index is 0.176. The van der Waals surface area contributed by atoms with Crippen LogP contribution in [0.15, 0.2) is 67.0 Å². The molecule has 0 fully saturated rings. The summed E-state index contributed by atoms with van der Waals surface area (Å²) < 4.78 is 19.5. The number of hydrogen-bond acceptors (Lipinski definition) is 5. The molecule has 0 aliphatic heterocycles. The molecule has 0 aliphatic carbocycles. The van der Waals surface area contributed by atoms with Crippen LogP contribution in [0.1, 0.15) is 12.5 Å². The summed E-state index contributed by atoms with van der Waals surface area (Å²) in [5, 5.41) is 10.1. The van der Waals surface area contributed by atoms with Crippen molar-refractivity contribution in [1.29, 1.82) is 0 Å². The van der Waals surface area contributed by atoms with Crippen molar-refractivity contribution in [3.05, 3.63) is 83.4 Å². The van der Waals surface area contributed by atoms with E-state index in [1.165, 1.54) is 12.4 Å². The number of carbonyl (C=O) groups excluding carboxylic acids is 1. The van der Waals surface area contributed by atoms with Gasteiger partial charge in [-0.25, -0.2) is 19.2 Å². The molecule has 2 amide bonds. The summed E-state index contributed by atoms with van der Waals surface area (Å²) in [5.74, 6) is 0.339. The maximum absolute atomic E-state index is 14.1. The van der Waals surface area contributed by atoms with Gasteiger partial charge < -0.3 is 20.7 Å². The minimum Gasteiger partial charge on any atom is -0.491 e. The van der Waals surface area contributed by atoms with Crippen molar-refractivity contribution in [2.75, 3.05) is 29.1 Å². The van der Waals surface area contributed by atoms with E-state index in [4.69, 9.17) is 16.3 Å². The van der Waals surface area contributed by atoms with Gasteiger partial charge in [-0.2, -0.15) is 0 Å². The summed E-state index contributed by atoms with van der Waals surface area (Å²) in [6.07, 6.45) is 2.12. The number of amides is 2. The number of ether oxygens (including phenoxy) is 1. The van der Waals surface area contributed by atoms with Gasteiger partial charge in [0.25, 0.3) is 0 Å². The largest absolute Gasteiger partial charge is 0.491 e. The van der Waals surface area contributed by atoms with Gasteiger partial charge in [0.1, 0.15) is 12.1 Å². The van der Waals surface area contributed by atoms with Gasteiger partial charge >= 0.3 is 6.03 Å². The summed E-state index contributed by atoms with van der Waals surface area (Å²) in [6, 6.07) is 17.1. The Hall–Kier alpha value is -3.91. The molecule has 3 aromatic carbocycles. The van der Waals surface area contributed by atoms with Crippen molar-refractivity contribution in [3.63, 3.8) is 0 Å². The van der Waals surface area contributed by atoms with Gasteiger partial charge in [0, 0.05) is 34.4 Å². The molecule has 0 aliphatic rings. The Morgan fingerprint density at radius 3 is 2.59 bits per heavy atom. The number of nitrogens with zero attached hydrogens (tertiary/aromatic N) is 2. The Balaban J connectivity index is 1.33. The van der Waals surface area contributed by atoms with Gasteiger partial charge in [0.2, 0.25) is 0 Å². The monoisotopic (exact) mass is 479 g/mol. The molecule has 0 radical (unpaired) electrons. The molecule has 7 nitrogen and oxygen atoms in total. The lowest BCUT2D eigenvalue weighted by molar-refractivity contribution is 0.262. The molecule has 0 bridgehead atoms. The van der Waals surface area contributed by atoms with Crippen molar-refractivity contribution < 1.29 is 13.9 Å². The lowest BCUT2D eigenvalue weighted by atomic mass is 10.1. The average Bonchev–Trinajstić information content (AvgIpc) is 2.81. The first kappa shape index (κ1) is 23.3. The van der Waals surface area contributed by atoms with Crippen molar-refractivity contribution in [1.82, 2.24) is 9.97 Å². The number of urea groups is 1. The highest BCUT2D eigenvalue weighted by molar-refractivity contribution is 6.30. The van der Waals surface area contributed by atoms with Crippen LogP contribution < -0.4 is 20.7 Å². The molecule has 1 heterocycles. The van der Waals surface area contributed by atoms with E-state index >= 15 is 0 Å². The Morgan fingerprint density at radius 1 is 1.03 bits per heavy atom. The molecule has 4 aromatic rings. The van der Waals surface area contributed by atoms with E-state index in [2.05, 4.69) is 25.9 Å². The molecule has 9 heteroatoms. The summed E-state index contributed by atoms with van der Waals surface area (Å²) >= 11 is 5.94. The second kappa shape index (κ2) is 10.8. The van der Waals surface area contributed by atoms with Crippen molar-refractivity contribution in [2.45, 2.75) is 13.3 Å². The third kappa shape index (κ3) is 5.90. The Kier molecular flexibility index (Phi) is 7.39. The average molecular weight is 480 g/mol. The van der Waals surface area contributed by atoms with E-state index in [1.807, 2.05) is 24.3 Å². The van der Waals surface area contributed by atoms with E-state index in [0.29, 0.717) is 46.3 Å². The van der Waals surface area contributed by atoms with Crippen LogP contribution in [0.4, 0.5) is 26.4 Å². The van der Waals surface area contributed by atoms with Crippen molar-refractivity contribution in [2.24, 2.45) is 0 Å². The SMILES string of the molecule is CCOc1cc2c(NCCc3ccc(NC(=O)Nc4cccc(Cl)c4)cc3)ncnc2cc1F. The highest BCUT2D eigenvalue weighted by Crippen LogP contribution is 2.27. The van der Waals surface area contributed by atoms with E-state index in [9.17, 15) is 9.18 Å². The van der Waals surface area contributed by atoms with Crippen LogP contribution >= 0.6 is 11.6 Å². The van der Waals surface area contributed by atoms with Crippen LogP contribution in [-0.2, 0) is 6.42 Å². The number of anilines is 3. The van der Waals surface area contributed by atoms with Gasteiger partial charge in [0.05, 0.1) is 12.1 Å². The molecule has 34 heavy (non-hydrogen) atoms. The molecular weight excluding hydrogens is 457 g/mol. The van der Waals surface area contributed by atoms with Crippen LogP contribution in [0.2, 0.25) is 5.02 Å². The number of aromatic nitrogens is 2. The van der Waals surface area contributed by atoms with Crippen molar-refractivity contribution >= 4 is 45.7 Å². The van der Waals surface area contributed by atoms with Gasteiger partial charge in [-0.1, -0.05) is 29.8 Å². The fourth-order valence-electron chi connectivity index (χ4n) is 3.40. The fraction of sp³-hybridized carbons (Fsp3) is 0.160. The molecule has 0 saturated carbocycles. The number of fused-ring (bicyclic) bond motifs is 1. The number of halogens is 2. The van der Waals surface area contributed by atoms with Crippen molar-refractivity contribution in [3.8, 4) is 5.75 Å². The van der Waals surface area contributed by atoms with Crippen LogP contribution in [0.5, 0.6) is 5.75 Å². The Morgan fingerprint density at radius 2 is 1.82 bits per heavy atom. The lowest BCUT2D eigenvalue weighted by Gasteiger charge is -2.11. The third-order valence-electron chi connectivity index (χ3n) is 4.99. The van der Waals surface area contributed by atoms with Gasteiger partial charge in [0.15, 0.2) is 11.6 Å². The standard InChI is InChI=1S/C25H23ClFN5O2/c1-2-34-23-13-20-22(14-21(23)27)29-15-30-24(20)28-11-10-16-6-8-18(9-7-16)31-25(33)32-19-5-3-4-17(26)12-19/h3-9,12-15H,2,10-11H2,1H3,(H,28,29,30)(H2,31,32,33). The maximum Gasteiger partial charge on any atom is 0.323 e.